The number of nitrogens with zero attached hydrogens (tertiary/aromatic N) is 2. The largest absolute Gasteiger partial charge is 0.366 e. The Labute approximate surface area is 59.6 Å². The van der Waals surface area contributed by atoms with Gasteiger partial charge in [0, 0.05) is 7.05 Å². The molecule has 0 spiro atoms. The molecule has 0 N–H and O–H groups in total. The van der Waals surface area contributed by atoms with Crippen LogP contribution in [-0.4, -0.2) is 16.4 Å². The maximum absolute atomic E-state index is 5.15. The highest BCUT2D eigenvalue weighted by Gasteiger charge is 2.29. The Morgan fingerprint density at radius 1 is 1.80 bits per heavy atom. The number of aryl methyl sites for hydroxylation is 2. The van der Waals surface area contributed by atoms with Crippen LogP contribution >= 0.6 is 0 Å². The number of hydrogen-bond donors (Lipinski definition) is 0. The zero-order chi connectivity index (χ0) is 7.14. The number of rotatable bonds is 1. The molecule has 3 heteroatoms. The van der Waals surface area contributed by atoms with E-state index in [1.807, 2.05) is 17.9 Å². The average molecular weight is 138 g/mol. The molecule has 0 amide bonds. The molecule has 0 radical (unpaired) electrons. The summed E-state index contributed by atoms with van der Waals surface area (Å²) >= 11 is 0. The fourth-order valence-corrected chi connectivity index (χ4v) is 1.23. The summed E-state index contributed by atoms with van der Waals surface area (Å²) in [5.41, 5.74) is 2.45. The lowest BCUT2D eigenvalue weighted by Crippen LogP contribution is -1.97. The van der Waals surface area contributed by atoms with Crippen molar-refractivity contribution in [3.8, 4) is 0 Å². The van der Waals surface area contributed by atoms with Gasteiger partial charge in [0.25, 0.3) is 0 Å². The minimum atomic E-state index is 0.326. The molecule has 1 aromatic heterocycles. The van der Waals surface area contributed by atoms with E-state index in [0.717, 1.165) is 6.61 Å². The molecule has 0 bridgehead atoms. The van der Waals surface area contributed by atoms with Crippen molar-refractivity contribution in [2.24, 2.45) is 7.05 Å². The summed E-state index contributed by atoms with van der Waals surface area (Å²) in [7, 11) is 1.95. The second-order valence-electron chi connectivity index (χ2n) is 2.66. The zero-order valence-corrected chi connectivity index (χ0v) is 6.16. The van der Waals surface area contributed by atoms with E-state index in [2.05, 4.69) is 12.0 Å². The molecule has 0 aromatic carbocycles. The first-order valence-corrected chi connectivity index (χ1v) is 3.39. The van der Waals surface area contributed by atoms with Gasteiger partial charge in [-0.2, -0.15) is 5.10 Å². The van der Waals surface area contributed by atoms with Gasteiger partial charge in [-0.15, -0.1) is 0 Å². The van der Waals surface area contributed by atoms with Crippen LogP contribution in [0.3, 0.4) is 0 Å². The molecule has 0 saturated carbocycles. The smallest absolute Gasteiger partial charge is 0.123 e. The lowest BCUT2D eigenvalue weighted by Gasteiger charge is -1.96. The predicted octanol–water partition coefficient (Wildman–Crippen LogP) is 0.800. The maximum atomic E-state index is 5.15. The van der Waals surface area contributed by atoms with Crippen molar-refractivity contribution >= 4 is 0 Å². The van der Waals surface area contributed by atoms with Gasteiger partial charge in [0.05, 0.1) is 18.5 Å². The molecular formula is C7H10N2O. The summed E-state index contributed by atoms with van der Waals surface area (Å²) in [6.45, 7) is 2.92. The van der Waals surface area contributed by atoms with Crippen molar-refractivity contribution in [2.75, 3.05) is 6.61 Å². The summed E-state index contributed by atoms with van der Waals surface area (Å²) in [6.07, 6.45) is 2.20. The van der Waals surface area contributed by atoms with Gasteiger partial charge in [-0.1, -0.05) is 0 Å². The summed E-state index contributed by atoms with van der Waals surface area (Å²) in [6, 6.07) is 0. The molecule has 0 aliphatic carbocycles. The fourth-order valence-electron chi connectivity index (χ4n) is 1.23. The van der Waals surface area contributed by atoms with Crippen molar-refractivity contribution in [3.05, 3.63) is 17.5 Å². The normalized spacial score (nSPS) is 23.2. The predicted molar refractivity (Wildman–Crippen MR) is 36.6 cm³/mol. The van der Waals surface area contributed by atoms with E-state index >= 15 is 0 Å². The van der Waals surface area contributed by atoms with Crippen LogP contribution in [0.5, 0.6) is 0 Å². The lowest BCUT2D eigenvalue weighted by molar-refractivity contribution is 0.403. The highest BCUT2D eigenvalue weighted by Crippen LogP contribution is 2.30. The monoisotopic (exact) mass is 138 g/mol. The Hall–Kier alpha value is -0.830. The van der Waals surface area contributed by atoms with E-state index < -0.39 is 0 Å². The Morgan fingerprint density at radius 2 is 2.50 bits per heavy atom. The van der Waals surface area contributed by atoms with Crippen LogP contribution in [0.4, 0.5) is 0 Å². The average Bonchev–Trinajstić information content (AvgIpc) is 2.64. The summed E-state index contributed by atoms with van der Waals surface area (Å²) in [5, 5.41) is 4.11. The van der Waals surface area contributed by atoms with E-state index in [0.29, 0.717) is 6.10 Å². The standard InChI is InChI=1S/C7H10N2O/c1-5-3-8-9(2)7(5)6-4-10-6/h3,6H,4H2,1-2H3. The molecule has 54 valence electrons. The van der Waals surface area contributed by atoms with Crippen LogP contribution in [-0.2, 0) is 11.8 Å². The third-order valence-electron chi connectivity index (χ3n) is 1.82. The minimum absolute atomic E-state index is 0.326. The molecule has 3 nitrogen and oxygen atoms in total. The van der Waals surface area contributed by atoms with Crippen molar-refractivity contribution in [1.29, 1.82) is 0 Å². The molecule has 1 aliphatic rings. The molecule has 1 aromatic rings. The molecule has 10 heavy (non-hydrogen) atoms. The third kappa shape index (κ3) is 0.743. The van der Waals surface area contributed by atoms with Gasteiger partial charge in [0.1, 0.15) is 6.10 Å². The lowest BCUT2D eigenvalue weighted by atomic mass is 10.2. The van der Waals surface area contributed by atoms with Crippen LogP contribution < -0.4 is 0 Å². The second-order valence-corrected chi connectivity index (χ2v) is 2.66. The molecule has 1 fully saturated rings. The first kappa shape index (κ1) is 5.92. The summed E-state index contributed by atoms with van der Waals surface area (Å²) in [4.78, 5) is 0. The zero-order valence-electron chi connectivity index (χ0n) is 6.16. The molecule has 2 heterocycles. The summed E-state index contributed by atoms with van der Waals surface area (Å²) in [5.74, 6) is 0. The van der Waals surface area contributed by atoms with Gasteiger partial charge in [-0.05, 0) is 12.5 Å². The maximum Gasteiger partial charge on any atom is 0.123 e. The van der Waals surface area contributed by atoms with Crippen molar-refractivity contribution in [2.45, 2.75) is 13.0 Å². The molecule has 1 saturated heterocycles. The van der Waals surface area contributed by atoms with Crippen LogP contribution in [0.2, 0.25) is 0 Å². The van der Waals surface area contributed by atoms with Gasteiger partial charge in [0.2, 0.25) is 0 Å². The Bertz CT molecular complexity index is 231. The minimum Gasteiger partial charge on any atom is -0.366 e. The van der Waals surface area contributed by atoms with Gasteiger partial charge >= 0.3 is 0 Å². The Morgan fingerprint density at radius 3 is 2.90 bits per heavy atom. The Kier molecular flexibility index (Phi) is 1.08. The van der Waals surface area contributed by atoms with Gasteiger partial charge in [-0.3, -0.25) is 4.68 Å². The number of epoxide rings is 1. The second kappa shape index (κ2) is 1.83. The van der Waals surface area contributed by atoms with E-state index in [9.17, 15) is 0 Å². The number of ether oxygens (including phenoxy) is 1. The fraction of sp³-hybridized carbons (Fsp3) is 0.571. The van der Waals surface area contributed by atoms with Crippen molar-refractivity contribution in [1.82, 2.24) is 9.78 Å². The van der Waals surface area contributed by atoms with E-state index in [1.54, 1.807) is 0 Å². The van der Waals surface area contributed by atoms with Gasteiger partial charge < -0.3 is 4.74 Å². The Balaban J connectivity index is 2.44. The molecular weight excluding hydrogens is 128 g/mol. The topological polar surface area (TPSA) is 30.4 Å². The highest BCUT2D eigenvalue weighted by atomic mass is 16.6. The van der Waals surface area contributed by atoms with Gasteiger partial charge in [0.15, 0.2) is 0 Å². The SMILES string of the molecule is Cc1cnn(C)c1C1CO1. The van der Waals surface area contributed by atoms with E-state index in [-0.39, 0.29) is 0 Å². The van der Waals surface area contributed by atoms with Crippen LogP contribution in [0.15, 0.2) is 6.20 Å². The van der Waals surface area contributed by atoms with Crippen LogP contribution in [0.25, 0.3) is 0 Å². The molecule has 1 aliphatic heterocycles. The highest BCUT2D eigenvalue weighted by molar-refractivity contribution is 5.20. The van der Waals surface area contributed by atoms with Crippen molar-refractivity contribution < 1.29 is 4.74 Å². The first-order chi connectivity index (χ1) is 4.79. The molecule has 1 atom stereocenters. The number of aromatic nitrogens is 2. The van der Waals surface area contributed by atoms with E-state index in [1.165, 1.54) is 11.3 Å². The third-order valence-corrected chi connectivity index (χ3v) is 1.82. The molecule has 2 rings (SSSR count). The first-order valence-electron chi connectivity index (χ1n) is 3.39. The van der Waals surface area contributed by atoms with E-state index in [4.69, 9.17) is 4.74 Å². The number of hydrogen-bond acceptors (Lipinski definition) is 2. The van der Waals surface area contributed by atoms with Crippen molar-refractivity contribution in [3.63, 3.8) is 0 Å². The van der Waals surface area contributed by atoms with Gasteiger partial charge in [-0.25, -0.2) is 0 Å². The molecule has 1 unspecified atom stereocenters. The quantitative estimate of drug-likeness (QED) is 0.537. The van der Waals surface area contributed by atoms with Crippen LogP contribution in [0, 0.1) is 6.92 Å². The van der Waals surface area contributed by atoms with Crippen LogP contribution in [0.1, 0.15) is 17.4 Å². The summed E-state index contributed by atoms with van der Waals surface area (Å²) < 4.78 is 7.04.